The Hall–Kier alpha value is -1.67. The van der Waals surface area contributed by atoms with E-state index in [1.54, 1.807) is 11.3 Å². The van der Waals surface area contributed by atoms with Crippen LogP contribution in [0, 0.1) is 6.92 Å². The first kappa shape index (κ1) is 12.4. The van der Waals surface area contributed by atoms with Gasteiger partial charge in [0, 0.05) is 0 Å². The molecule has 0 aromatic carbocycles. The van der Waals surface area contributed by atoms with Gasteiger partial charge in [0.2, 0.25) is 16.9 Å². The number of nitrogens with zero attached hydrogens (tertiary/aromatic N) is 4. The smallest absolute Gasteiger partial charge is 0.240 e. The molecule has 3 rings (SSSR count). The van der Waals surface area contributed by atoms with Gasteiger partial charge in [0.25, 0.3) is 0 Å². The summed E-state index contributed by atoms with van der Waals surface area (Å²) in [6.07, 6.45) is 0. The van der Waals surface area contributed by atoms with E-state index < -0.39 is 0 Å². The zero-order chi connectivity index (χ0) is 13.2. The minimum absolute atomic E-state index is 0.0106. The molecule has 6 nitrogen and oxygen atoms in total. The molecule has 8 heteroatoms. The van der Waals surface area contributed by atoms with Crippen LogP contribution in [-0.2, 0) is 0 Å². The lowest BCUT2D eigenvalue weighted by Crippen LogP contribution is -1.89. The maximum absolute atomic E-state index is 5.29. The molecule has 98 valence electrons. The van der Waals surface area contributed by atoms with Crippen molar-refractivity contribution in [2.24, 2.45) is 0 Å². The fourth-order valence-corrected chi connectivity index (χ4v) is 2.94. The molecule has 1 N–H and O–H groups in total. The van der Waals surface area contributed by atoms with Crippen molar-refractivity contribution in [1.82, 2.24) is 25.3 Å². The molecule has 0 spiro atoms. The van der Waals surface area contributed by atoms with Crippen LogP contribution in [0.5, 0.6) is 0 Å². The number of hydrogen-bond donors (Lipinski definition) is 1. The summed E-state index contributed by atoms with van der Waals surface area (Å²) in [5.74, 6) is 2.00. The lowest BCUT2D eigenvalue weighted by Gasteiger charge is -2.00. The predicted octanol–water partition coefficient (Wildman–Crippen LogP) is 3.08. The SMILES string of the molecule is Cc1nc(SC(C)c2nc(-c3cccs3)no2)n[nH]1. The highest BCUT2D eigenvalue weighted by atomic mass is 32.2. The quantitative estimate of drug-likeness (QED) is 0.744. The van der Waals surface area contributed by atoms with Gasteiger partial charge in [-0.25, -0.2) is 4.98 Å². The van der Waals surface area contributed by atoms with Crippen molar-refractivity contribution in [2.45, 2.75) is 24.3 Å². The third kappa shape index (κ3) is 2.69. The Morgan fingerprint density at radius 1 is 1.42 bits per heavy atom. The fourth-order valence-electron chi connectivity index (χ4n) is 1.49. The van der Waals surface area contributed by atoms with Gasteiger partial charge in [-0.05, 0) is 25.3 Å². The first-order valence-corrected chi connectivity index (χ1v) is 7.41. The summed E-state index contributed by atoms with van der Waals surface area (Å²) in [6.45, 7) is 3.85. The molecule has 0 radical (unpaired) electrons. The molecule has 0 aliphatic carbocycles. The molecule has 0 amide bonds. The van der Waals surface area contributed by atoms with E-state index >= 15 is 0 Å². The van der Waals surface area contributed by atoms with E-state index in [9.17, 15) is 0 Å². The molecule has 0 aliphatic heterocycles. The highest BCUT2D eigenvalue weighted by Gasteiger charge is 2.18. The number of aromatic amines is 1. The summed E-state index contributed by atoms with van der Waals surface area (Å²) < 4.78 is 5.29. The fraction of sp³-hybridized carbons (Fsp3) is 0.273. The van der Waals surface area contributed by atoms with Crippen LogP contribution >= 0.6 is 23.1 Å². The van der Waals surface area contributed by atoms with Gasteiger partial charge in [0.05, 0.1) is 10.1 Å². The zero-order valence-electron chi connectivity index (χ0n) is 10.3. The largest absolute Gasteiger partial charge is 0.338 e. The van der Waals surface area contributed by atoms with Crippen molar-refractivity contribution in [3.05, 3.63) is 29.2 Å². The van der Waals surface area contributed by atoms with Crippen molar-refractivity contribution < 1.29 is 4.52 Å². The first-order valence-electron chi connectivity index (χ1n) is 5.65. The van der Waals surface area contributed by atoms with Gasteiger partial charge in [-0.15, -0.1) is 16.4 Å². The van der Waals surface area contributed by atoms with E-state index in [2.05, 4.69) is 25.3 Å². The number of rotatable bonds is 4. The van der Waals surface area contributed by atoms with Crippen LogP contribution in [0.2, 0.25) is 0 Å². The van der Waals surface area contributed by atoms with Crippen molar-refractivity contribution in [3.8, 4) is 10.7 Å². The first-order chi connectivity index (χ1) is 9.22. The molecular formula is C11H11N5OS2. The molecule has 3 heterocycles. The van der Waals surface area contributed by atoms with Crippen molar-refractivity contribution in [2.75, 3.05) is 0 Å². The van der Waals surface area contributed by atoms with Crippen molar-refractivity contribution in [3.63, 3.8) is 0 Å². The Morgan fingerprint density at radius 2 is 2.32 bits per heavy atom. The minimum atomic E-state index is 0.0106. The second-order valence-corrected chi connectivity index (χ2v) is 6.15. The standard InChI is InChI=1S/C11H11N5OS2/c1-6(19-11-12-7(2)14-15-11)10-13-9(16-17-10)8-4-3-5-18-8/h3-6H,1-2H3,(H,12,14,15). The monoisotopic (exact) mass is 293 g/mol. The third-order valence-corrected chi connectivity index (χ3v) is 4.20. The van der Waals surface area contributed by atoms with Crippen LogP contribution in [0.3, 0.4) is 0 Å². The number of aromatic nitrogens is 5. The zero-order valence-corrected chi connectivity index (χ0v) is 12.0. The van der Waals surface area contributed by atoms with Gasteiger partial charge in [-0.2, -0.15) is 4.98 Å². The minimum Gasteiger partial charge on any atom is -0.338 e. The molecule has 0 saturated heterocycles. The van der Waals surface area contributed by atoms with Gasteiger partial charge in [-0.1, -0.05) is 23.0 Å². The molecule has 0 aliphatic rings. The van der Waals surface area contributed by atoms with Gasteiger partial charge in [0.1, 0.15) is 5.82 Å². The Bertz CT molecular complexity index is 660. The average molecular weight is 293 g/mol. The maximum atomic E-state index is 5.29. The molecule has 3 aromatic rings. The van der Waals surface area contributed by atoms with Crippen molar-refractivity contribution in [1.29, 1.82) is 0 Å². The Kier molecular flexibility index (Phi) is 3.34. The van der Waals surface area contributed by atoms with E-state index in [4.69, 9.17) is 4.52 Å². The summed E-state index contributed by atoms with van der Waals surface area (Å²) in [6, 6.07) is 3.93. The molecule has 1 unspecified atom stereocenters. The lowest BCUT2D eigenvalue weighted by atomic mass is 10.4. The van der Waals surface area contributed by atoms with E-state index in [-0.39, 0.29) is 5.25 Å². The summed E-state index contributed by atoms with van der Waals surface area (Å²) in [7, 11) is 0. The number of nitrogens with one attached hydrogen (secondary N) is 1. The van der Waals surface area contributed by atoms with E-state index in [1.165, 1.54) is 11.8 Å². The molecule has 19 heavy (non-hydrogen) atoms. The summed E-state index contributed by atoms with van der Waals surface area (Å²) in [5.41, 5.74) is 0. The van der Waals surface area contributed by atoms with Gasteiger partial charge in [-0.3, -0.25) is 5.10 Å². The third-order valence-electron chi connectivity index (χ3n) is 2.39. The summed E-state index contributed by atoms with van der Waals surface area (Å²) in [4.78, 5) is 9.64. The summed E-state index contributed by atoms with van der Waals surface area (Å²) in [5, 5.41) is 13.6. The van der Waals surface area contributed by atoms with Crippen LogP contribution in [0.4, 0.5) is 0 Å². The van der Waals surface area contributed by atoms with Crippen LogP contribution in [0.1, 0.15) is 23.9 Å². The average Bonchev–Trinajstić information content (AvgIpc) is 3.08. The molecule has 3 aromatic heterocycles. The molecule has 0 fully saturated rings. The Morgan fingerprint density at radius 3 is 3.00 bits per heavy atom. The van der Waals surface area contributed by atoms with Gasteiger partial charge < -0.3 is 4.52 Å². The number of hydrogen-bond acceptors (Lipinski definition) is 7. The molecular weight excluding hydrogens is 282 g/mol. The number of thiophene rings is 1. The maximum Gasteiger partial charge on any atom is 0.240 e. The predicted molar refractivity (Wildman–Crippen MR) is 73.0 cm³/mol. The normalized spacial score (nSPS) is 12.7. The highest BCUT2D eigenvalue weighted by Crippen LogP contribution is 2.33. The van der Waals surface area contributed by atoms with Crippen LogP contribution < -0.4 is 0 Å². The second-order valence-electron chi connectivity index (χ2n) is 3.90. The highest BCUT2D eigenvalue weighted by molar-refractivity contribution is 7.99. The Labute approximate surface area is 117 Å². The summed E-state index contributed by atoms with van der Waals surface area (Å²) >= 11 is 3.07. The molecule has 0 bridgehead atoms. The van der Waals surface area contributed by atoms with Crippen LogP contribution in [0.25, 0.3) is 10.7 Å². The van der Waals surface area contributed by atoms with E-state index in [1.807, 2.05) is 31.4 Å². The topological polar surface area (TPSA) is 80.5 Å². The molecule has 0 saturated carbocycles. The number of H-pyrrole nitrogens is 1. The lowest BCUT2D eigenvalue weighted by molar-refractivity contribution is 0.381. The molecule has 1 atom stereocenters. The van der Waals surface area contributed by atoms with Crippen LogP contribution in [-0.4, -0.2) is 25.3 Å². The van der Waals surface area contributed by atoms with Crippen molar-refractivity contribution >= 4 is 23.1 Å². The number of thioether (sulfide) groups is 1. The van der Waals surface area contributed by atoms with E-state index in [0.29, 0.717) is 16.9 Å². The van der Waals surface area contributed by atoms with Gasteiger partial charge in [0.15, 0.2) is 0 Å². The Balaban J connectivity index is 1.75. The second kappa shape index (κ2) is 5.14. The van der Waals surface area contributed by atoms with Gasteiger partial charge >= 0.3 is 0 Å². The van der Waals surface area contributed by atoms with Crippen LogP contribution in [0.15, 0.2) is 27.2 Å². The van der Waals surface area contributed by atoms with E-state index in [0.717, 1.165) is 10.7 Å². The number of aryl methyl sites for hydroxylation is 1.